The van der Waals surface area contributed by atoms with E-state index < -0.39 is 12.0 Å². The van der Waals surface area contributed by atoms with Crippen LogP contribution >= 0.6 is 11.8 Å². The molecule has 0 aromatic carbocycles. The fourth-order valence-electron chi connectivity index (χ4n) is 0.949. The SMILES string of the molecule is CC(=O)N[C@@H](CSc1cnccn1)C(=O)O. The topological polar surface area (TPSA) is 92.2 Å². The van der Waals surface area contributed by atoms with Crippen molar-refractivity contribution < 1.29 is 14.7 Å². The lowest BCUT2D eigenvalue weighted by molar-refractivity contribution is -0.140. The van der Waals surface area contributed by atoms with E-state index in [9.17, 15) is 9.59 Å². The number of thioether (sulfide) groups is 1. The minimum absolute atomic E-state index is 0.216. The Kier molecular flexibility index (Phi) is 4.71. The van der Waals surface area contributed by atoms with Crippen LogP contribution in [0.4, 0.5) is 0 Å². The molecule has 1 amide bonds. The lowest BCUT2D eigenvalue weighted by Gasteiger charge is -2.11. The van der Waals surface area contributed by atoms with Crippen LogP contribution in [0.1, 0.15) is 6.92 Å². The average Bonchev–Trinajstić information content (AvgIpc) is 2.25. The number of hydrogen-bond acceptors (Lipinski definition) is 5. The fraction of sp³-hybridized carbons (Fsp3) is 0.333. The second kappa shape index (κ2) is 6.06. The van der Waals surface area contributed by atoms with Gasteiger partial charge in [0.05, 0.1) is 6.20 Å². The number of nitrogens with one attached hydrogen (secondary N) is 1. The van der Waals surface area contributed by atoms with E-state index in [4.69, 9.17) is 5.11 Å². The number of amides is 1. The molecule has 16 heavy (non-hydrogen) atoms. The molecule has 1 aromatic heterocycles. The Morgan fingerprint density at radius 3 is 2.81 bits per heavy atom. The number of rotatable bonds is 5. The van der Waals surface area contributed by atoms with E-state index in [1.807, 2.05) is 0 Å². The summed E-state index contributed by atoms with van der Waals surface area (Å²) in [6.07, 6.45) is 4.60. The molecule has 0 unspecified atom stereocenters. The Hall–Kier alpha value is -1.63. The number of aliphatic carboxylic acids is 1. The number of carbonyl (C=O) groups is 2. The Bertz CT molecular complexity index is 372. The molecule has 0 fully saturated rings. The van der Waals surface area contributed by atoms with Gasteiger partial charge in [0.1, 0.15) is 11.1 Å². The highest BCUT2D eigenvalue weighted by Gasteiger charge is 2.18. The van der Waals surface area contributed by atoms with Crippen LogP contribution in [0.25, 0.3) is 0 Å². The lowest BCUT2D eigenvalue weighted by atomic mass is 10.3. The van der Waals surface area contributed by atoms with E-state index in [1.54, 1.807) is 0 Å². The Labute approximate surface area is 96.5 Å². The Morgan fingerprint density at radius 2 is 2.31 bits per heavy atom. The summed E-state index contributed by atoms with van der Waals surface area (Å²) in [5.74, 6) is -1.22. The van der Waals surface area contributed by atoms with Crippen LogP contribution in [0.5, 0.6) is 0 Å². The summed E-state index contributed by atoms with van der Waals surface area (Å²) in [5, 5.41) is 11.8. The maximum atomic E-state index is 10.8. The summed E-state index contributed by atoms with van der Waals surface area (Å²) in [7, 11) is 0. The molecule has 0 spiro atoms. The van der Waals surface area contributed by atoms with Gasteiger partial charge in [0, 0.05) is 25.1 Å². The van der Waals surface area contributed by atoms with Crippen LogP contribution in [0.15, 0.2) is 23.6 Å². The Balaban J connectivity index is 2.50. The maximum Gasteiger partial charge on any atom is 0.327 e. The highest BCUT2D eigenvalue weighted by atomic mass is 32.2. The quantitative estimate of drug-likeness (QED) is 0.713. The fourth-order valence-corrected chi connectivity index (χ4v) is 1.78. The number of nitrogens with zero attached hydrogens (tertiary/aromatic N) is 2. The number of carbonyl (C=O) groups excluding carboxylic acids is 1. The van der Waals surface area contributed by atoms with Gasteiger partial charge in [-0.2, -0.15) is 0 Å². The van der Waals surface area contributed by atoms with Gasteiger partial charge in [0.2, 0.25) is 5.91 Å². The number of carboxylic acid groups (broad SMARTS) is 1. The number of carboxylic acids is 1. The molecule has 1 heterocycles. The molecule has 0 aliphatic heterocycles. The van der Waals surface area contributed by atoms with Gasteiger partial charge < -0.3 is 10.4 Å². The molecule has 1 rings (SSSR count). The van der Waals surface area contributed by atoms with Crippen molar-refractivity contribution in [3.8, 4) is 0 Å². The largest absolute Gasteiger partial charge is 0.480 e. The van der Waals surface area contributed by atoms with Crippen molar-refractivity contribution in [2.24, 2.45) is 0 Å². The molecular formula is C9H11N3O3S. The molecule has 0 bridgehead atoms. The van der Waals surface area contributed by atoms with E-state index in [0.29, 0.717) is 5.03 Å². The second-order valence-corrected chi connectivity index (χ2v) is 3.99. The standard InChI is InChI=1S/C9H11N3O3S/c1-6(13)12-7(9(14)15)5-16-8-4-10-2-3-11-8/h2-4,7H,5H2,1H3,(H,12,13)(H,14,15)/t7-/m0/s1. The first-order valence-electron chi connectivity index (χ1n) is 4.48. The van der Waals surface area contributed by atoms with E-state index in [-0.39, 0.29) is 11.7 Å². The molecule has 6 nitrogen and oxygen atoms in total. The van der Waals surface area contributed by atoms with Gasteiger partial charge in [-0.1, -0.05) is 0 Å². The van der Waals surface area contributed by atoms with Crippen LogP contribution in [0.3, 0.4) is 0 Å². The number of aromatic nitrogens is 2. The van der Waals surface area contributed by atoms with Gasteiger partial charge in [0.15, 0.2) is 0 Å². The molecular weight excluding hydrogens is 230 g/mol. The van der Waals surface area contributed by atoms with Crippen LogP contribution in [0, 0.1) is 0 Å². The molecule has 0 radical (unpaired) electrons. The van der Waals surface area contributed by atoms with Gasteiger partial charge in [-0.25, -0.2) is 9.78 Å². The van der Waals surface area contributed by atoms with Crippen LogP contribution in [-0.4, -0.2) is 38.7 Å². The second-order valence-electron chi connectivity index (χ2n) is 2.95. The zero-order valence-corrected chi connectivity index (χ0v) is 9.40. The van der Waals surface area contributed by atoms with Crippen LogP contribution in [0.2, 0.25) is 0 Å². The highest BCUT2D eigenvalue weighted by Crippen LogP contribution is 2.14. The van der Waals surface area contributed by atoms with Gasteiger partial charge >= 0.3 is 5.97 Å². The summed E-state index contributed by atoms with van der Waals surface area (Å²) in [6, 6.07) is -0.912. The van der Waals surface area contributed by atoms with E-state index in [2.05, 4.69) is 15.3 Å². The van der Waals surface area contributed by atoms with Crippen molar-refractivity contribution in [3.63, 3.8) is 0 Å². The summed E-state index contributed by atoms with van der Waals surface area (Å²) in [5.41, 5.74) is 0. The predicted octanol–water partition coefficient (Wildman–Crippen LogP) is 0.158. The molecule has 0 saturated heterocycles. The van der Waals surface area contributed by atoms with E-state index >= 15 is 0 Å². The van der Waals surface area contributed by atoms with E-state index in [0.717, 1.165) is 0 Å². The first kappa shape index (κ1) is 12.4. The van der Waals surface area contributed by atoms with Gasteiger partial charge in [-0.3, -0.25) is 9.78 Å². The third-order valence-corrected chi connectivity index (χ3v) is 2.62. The lowest BCUT2D eigenvalue weighted by Crippen LogP contribution is -2.41. The highest BCUT2D eigenvalue weighted by molar-refractivity contribution is 7.99. The maximum absolute atomic E-state index is 10.8. The summed E-state index contributed by atoms with van der Waals surface area (Å²) in [4.78, 5) is 29.4. The molecule has 0 aliphatic carbocycles. The molecule has 1 aromatic rings. The first-order valence-corrected chi connectivity index (χ1v) is 5.47. The minimum atomic E-state index is -1.06. The summed E-state index contributed by atoms with van der Waals surface area (Å²) < 4.78 is 0. The summed E-state index contributed by atoms with van der Waals surface area (Å²) >= 11 is 1.23. The monoisotopic (exact) mass is 241 g/mol. The zero-order chi connectivity index (χ0) is 12.0. The van der Waals surface area contributed by atoms with Crippen molar-refractivity contribution in [1.29, 1.82) is 0 Å². The van der Waals surface area contributed by atoms with Gasteiger partial charge in [-0.05, 0) is 0 Å². The molecule has 1 atom stereocenters. The van der Waals surface area contributed by atoms with Gasteiger partial charge in [-0.15, -0.1) is 11.8 Å². The first-order chi connectivity index (χ1) is 7.59. The molecule has 7 heteroatoms. The van der Waals surface area contributed by atoms with E-state index in [1.165, 1.54) is 37.3 Å². The van der Waals surface area contributed by atoms with Crippen LogP contribution in [-0.2, 0) is 9.59 Å². The van der Waals surface area contributed by atoms with Crippen molar-refractivity contribution in [3.05, 3.63) is 18.6 Å². The van der Waals surface area contributed by atoms with Crippen molar-refractivity contribution in [2.75, 3.05) is 5.75 Å². The molecule has 2 N–H and O–H groups in total. The van der Waals surface area contributed by atoms with Crippen LogP contribution < -0.4 is 5.32 Å². The van der Waals surface area contributed by atoms with Crippen molar-refractivity contribution in [1.82, 2.24) is 15.3 Å². The average molecular weight is 241 g/mol. The smallest absolute Gasteiger partial charge is 0.327 e. The zero-order valence-electron chi connectivity index (χ0n) is 8.58. The minimum Gasteiger partial charge on any atom is -0.480 e. The number of hydrogen-bond donors (Lipinski definition) is 2. The third-order valence-electron chi connectivity index (χ3n) is 1.61. The van der Waals surface area contributed by atoms with Gasteiger partial charge in [0.25, 0.3) is 0 Å². The molecule has 0 saturated carbocycles. The Morgan fingerprint density at radius 1 is 1.56 bits per heavy atom. The predicted molar refractivity (Wildman–Crippen MR) is 58.0 cm³/mol. The van der Waals surface area contributed by atoms with Crippen molar-refractivity contribution in [2.45, 2.75) is 18.0 Å². The molecule has 0 aliphatic rings. The van der Waals surface area contributed by atoms with Crippen molar-refractivity contribution >= 4 is 23.6 Å². The summed E-state index contributed by atoms with van der Waals surface area (Å²) in [6.45, 7) is 1.28. The molecule has 86 valence electrons. The normalized spacial score (nSPS) is 11.8. The third kappa shape index (κ3) is 4.26.